The third-order valence-corrected chi connectivity index (χ3v) is 6.63. The minimum atomic E-state index is -1.06. The molecule has 9 nitrogen and oxygen atoms in total. The molecule has 11 heteroatoms. The summed E-state index contributed by atoms with van der Waals surface area (Å²) in [7, 11) is 3.81. The van der Waals surface area contributed by atoms with Gasteiger partial charge in [0.1, 0.15) is 28.9 Å². The van der Waals surface area contributed by atoms with Crippen LogP contribution in [0, 0.1) is 5.82 Å². The second-order valence-electron chi connectivity index (χ2n) is 8.95. The van der Waals surface area contributed by atoms with Gasteiger partial charge in [-0.2, -0.15) is 0 Å². The van der Waals surface area contributed by atoms with Gasteiger partial charge in [-0.25, -0.2) is 19.0 Å². The maximum Gasteiger partial charge on any atom is 0.407 e. The van der Waals surface area contributed by atoms with Crippen LogP contribution in [0.5, 0.6) is 5.88 Å². The molecule has 1 fully saturated rings. The van der Waals surface area contributed by atoms with Crippen molar-refractivity contribution in [2.75, 3.05) is 50.1 Å². The second-order valence-corrected chi connectivity index (χ2v) is 9.39. The minimum absolute atomic E-state index is 0.0818. The number of fused-ring (bicyclic) bond motifs is 4. The molecular formula is C22H23ClFN5O4. The van der Waals surface area contributed by atoms with Crippen molar-refractivity contribution in [3.05, 3.63) is 28.7 Å². The number of hydrogen-bond acceptors (Lipinski definition) is 7. The lowest BCUT2D eigenvalue weighted by atomic mass is 9.95. The Bertz CT molecular complexity index is 1220. The lowest BCUT2D eigenvalue weighted by Crippen LogP contribution is -2.64. The number of piperazine rings is 1. The van der Waals surface area contributed by atoms with E-state index in [4.69, 9.17) is 16.3 Å². The third-order valence-electron chi connectivity index (χ3n) is 6.41. The van der Waals surface area contributed by atoms with E-state index in [0.29, 0.717) is 42.1 Å². The first-order valence-electron chi connectivity index (χ1n) is 10.6. The van der Waals surface area contributed by atoms with Crippen molar-refractivity contribution in [3.8, 4) is 5.88 Å². The summed E-state index contributed by atoms with van der Waals surface area (Å²) in [5.41, 5.74) is 1.63. The molecule has 1 aromatic heterocycles. The van der Waals surface area contributed by atoms with Crippen LogP contribution >= 0.6 is 11.6 Å². The van der Waals surface area contributed by atoms with Crippen molar-refractivity contribution in [2.24, 2.45) is 0 Å². The van der Waals surface area contributed by atoms with Crippen LogP contribution in [0.1, 0.15) is 6.92 Å². The van der Waals surface area contributed by atoms with E-state index in [2.05, 4.69) is 10.9 Å². The van der Waals surface area contributed by atoms with Crippen LogP contribution in [0.2, 0.25) is 5.02 Å². The number of carboxylic acid groups (broad SMARTS) is 1. The van der Waals surface area contributed by atoms with E-state index in [9.17, 15) is 19.1 Å². The minimum Gasteiger partial charge on any atom is -0.470 e. The molecule has 1 saturated heterocycles. The molecule has 1 aromatic carbocycles. The highest BCUT2D eigenvalue weighted by molar-refractivity contribution is 6.31. The molecule has 3 atom stereocenters. The van der Waals surface area contributed by atoms with Gasteiger partial charge in [-0.05, 0) is 33.2 Å². The molecule has 2 aromatic rings. The molecule has 174 valence electrons. The second kappa shape index (κ2) is 7.76. The zero-order valence-corrected chi connectivity index (χ0v) is 19.1. The molecule has 3 unspecified atom stereocenters. The fourth-order valence-corrected chi connectivity index (χ4v) is 5.30. The highest BCUT2D eigenvalue weighted by Gasteiger charge is 2.48. The monoisotopic (exact) mass is 475 g/mol. The summed E-state index contributed by atoms with van der Waals surface area (Å²) in [6.45, 7) is 3.09. The summed E-state index contributed by atoms with van der Waals surface area (Å²) in [5, 5.41) is 10.4. The third kappa shape index (κ3) is 3.37. The zero-order chi connectivity index (χ0) is 23.6. The summed E-state index contributed by atoms with van der Waals surface area (Å²) in [6, 6.07) is 1.91. The fraction of sp³-hybridized carbons (Fsp3) is 0.455. The SMILES string of the molecule is CC1CN2c3c4c(nc5c(F)cc(Cl)cc35)OC(CN(C)C)CN4C(=C=O)C2CN1C(=O)O. The van der Waals surface area contributed by atoms with E-state index in [1.807, 2.05) is 23.9 Å². The van der Waals surface area contributed by atoms with E-state index >= 15 is 0 Å². The molecule has 0 saturated carbocycles. The summed E-state index contributed by atoms with van der Waals surface area (Å²) in [6.07, 6.45) is -1.39. The van der Waals surface area contributed by atoms with Crippen LogP contribution in [-0.2, 0) is 4.79 Å². The number of amides is 1. The largest absolute Gasteiger partial charge is 0.470 e. The highest BCUT2D eigenvalue weighted by atomic mass is 35.5. The van der Waals surface area contributed by atoms with Gasteiger partial charge in [-0.3, -0.25) is 0 Å². The molecule has 1 amide bonds. The molecular weight excluding hydrogens is 453 g/mol. The van der Waals surface area contributed by atoms with Gasteiger partial charge in [-0.1, -0.05) is 11.6 Å². The molecule has 0 radical (unpaired) electrons. The summed E-state index contributed by atoms with van der Waals surface area (Å²) in [5.74, 6) is 1.72. The highest BCUT2D eigenvalue weighted by Crippen LogP contribution is 2.52. The van der Waals surface area contributed by atoms with Crippen LogP contribution in [-0.4, -0.2) is 90.4 Å². The van der Waals surface area contributed by atoms with E-state index in [1.165, 1.54) is 11.0 Å². The average molecular weight is 476 g/mol. The molecule has 5 rings (SSSR count). The molecule has 3 aliphatic rings. The van der Waals surface area contributed by atoms with Gasteiger partial charge in [0.25, 0.3) is 0 Å². The predicted octanol–water partition coefficient (Wildman–Crippen LogP) is 2.44. The number of likely N-dealkylation sites (N-methyl/N-ethyl adjacent to an activating group) is 1. The summed E-state index contributed by atoms with van der Waals surface area (Å²) >= 11 is 6.21. The quantitative estimate of drug-likeness (QED) is 0.662. The first-order valence-corrected chi connectivity index (χ1v) is 11.0. The molecule has 3 aliphatic heterocycles. The van der Waals surface area contributed by atoms with Gasteiger partial charge in [0.2, 0.25) is 5.88 Å². The number of carbonyl (C=O) groups is 1. The summed E-state index contributed by atoms with van der Waals surface area (Å²) < 4.78 is 21.1. The van der Waals surface area contributed by atoms with Crippen LogP contribution in [0.25, 0.3) is 10.9 Å². The van der Waals surface area contributed by atoms with E-state index < -0.39 is 18.0 Å². The van der Waals surface area contributed by atoms with Crippen molar-refractivity contribution in [3.63, 3.8) is 0 Å². The number of aromatic nitrogens is 1. The Hall–Kier alpha value is -3.07. The topological polar surface area (TPSA) is 89.5 Å². The molecule has 4 heterocycles. The first-order chi connectivity index (χ1) is 15.7. The Labute approximate surface area is 194 Å². The number of ether oxygens (including phenoxy) is 1. The van der Waals surface area contributed by atoms with Crippen molar-refractivity contribution < 1.29 is 23.8 Å². The molecule has 0 bridgehead atoms. The van der Waals surface area contributed by atoms with E-state index in [0.717, 1.165) is 0 Å². The number of carbonyl (C=O) groups excluding carboxylic acids is 1. The van der Waals surface area contributed by atoms with Crippen LogP contribution in [0.3, 0.4) is 0 Å². The number of halogens is 2. The van der Waals surface area contributed by atoms with Crippen molar-refractivity contribution in [1.29, 1.82) is 0 Å². The van der Waals surface area contributed by atoms with Gasteiger partial charge >= 0.3 is 6.09 Å². The Morgan fingerprint density at radius 1 is 1.33 bits per heavy atom. The van der Waals surface area contributed by atoms with Gasteiger partial charge in [-0.15, -0.1) is 0 Å². The standard InChI is InChI=1S/C22H23ClFN5O4/c1-11-6-28-16(9-27(11)22(31)32)17(10-30)29-8-13(7-26(2)3)33-21-20(29)19(28)14-4-12(23)5-15(24)18(14)25-21/h4-5,11,13,16H,6-9H2,1-3H3,(H,31,32). The Morgan fingerprint density at radius 2 is 2.09 bits per heavy atom. The fourth-order valence-electron chi connectivity index (χ4n) is 5.10. The lowest BCUT2D eigenvalue weighted by Gasteiger charge is -2.53. The smallest absolute Gasteiger partial charge is 0.407 e. The van der Waals surface area contributed by atoms with E-state index in [1.54, 1.807) is 17.9 Å². The lowest BCUT2D eigenvalue weighted by molar-refractivity contribution is 0.113. The normalized spacial score (nSPS) is 23.9. The van der Waals surface area contributed by atoms with Gasteiger partial charge < -0.3 is 29.4 Å². The van der Waals surface area contributed by atoms with Crippen molar-refractivity contribution in [2.45, 2.75) is 25.1 Å². The summed E-state index contributed by atoms with van der Waals surface area (Å²) in [4.78, 5) is 35.6. The maximum atomic E-state index is 15.0. The van der Waals surface area contributed by atoms with Crippen LogP contribution in [0.4, 0.5) is 20.6 Å². The number of anilines is 2. The first kappa shape index (κ1) is 21.8. The number of benzene rings is 1. The Kier molecular flexibility index (Phi) is 5.12. The molecule has 33 heavy (non-hydrogen) atoms. The number of hydrogen-bond donors (Lipinski definition) is 1. The molecule has 0 aliphatic carbocycles. The molecule has 1 N–H and O–H groups in total. The van der Waals surface area contributed by atoms with Crippen molar-refractivity contribution in [1.82, 2.24) is 14.8 Å². The number of pyridine rings is 1. The Balaban J connectivity index is 1.78. The van der Waals surface area contributed by atoms with Crippen LogP contribution in [0.15, 0.2) is 17.8 Å². The molecule has 0 spiro atoms. The van der Waals surface area contributed by atoms with Gasteiger partial charge in [0.05, 0.1) is 24.8 Å². The van der Waals surface area contributed by atoms with Gasteiger partial charge in [0, 0.05) is 29.5 Å². The zero-order valence-electron chi connectivity index (χ0n) is 18.4. The van der Waals surface area contributed by atoms with E-state index in [-0.39, 0.29) is 35.1 Å². The van der Waals surface area contributed by atoms with Crippen molar-refractivity contribution >= 4 is 45.9 Å². The number of rotatable bonds is 2. The average Bonchev–Trinajstić information content (AvgIpc) is 2.73. The van der Waals surface area contributed by atoms with Gasteiger partial charge in [0.15, 0.2) is 5.82 Å². The predicted molar refractivity (Wildman–Crippen MR) is 122 cm³/mol. The number of nitrogens with zero attached hydrogens (tertiary/aromatic N) is 5. The van der Waals surface area contributed by atoms with Crippen LogP contribution < -0.4 is 14.5 Å². The Morgan fingerprint density at radius 3 is 2.76 bits per heavy atom. The maximum absolute atomic E-state index is 15.0.